The number of hydrogen-bond acceptors (Lipinski definition) is 11. The third-order valence-electron chi connectivity index (χ3n) is 6.68. The maximum atomic E-state index is 13.0. The van der Waals surface area contributed by atoms with Crippen LogP contribution in [-0.2, 0) is 29.2 Å². The molecule has 0 aliphatic carbocycles. The Hall–Kier alpha value is -4.73. The number of benzene rings is 1. The van der Waals surface area contributed by atoms with Gasteiger partial charge in [0.05, 0.1) is 37.3 Å². The van der Waals surface area contributed by atoms with Gasteiger partial charge in [0.25, 0.3) is 5.89 Å². The maximum absolute atomic E-state index is 13.0. The third kappa shape index (κ3) is 6.37. The molecule has 1 aromatic carbocycles. The average molecular weight is 561 g/mol. The minimum Gasteiger partial charge on any atom is -0.445 e. The van der Waals surface area contributed by atoms with Crippen LogP contribution in [0.2, 0.25) is 0 Å². The molecular formula is C28H32N8O5. The van der Waals surface area contributed by atoms with Crippen LogP contribution in [0.3, 0.4) is 0 Å². The highest BCUT2D eigenvalue weighted by Crippen LogP contribution is 2.34. The lowest BCUT2D eigenvalue weighted by Gasteiger charge is -2.41. The van der Waals surface area contributed by atoms with Crippen LogP contribution < -0.4 is 4.90 Å². The SMILES string of the molecule is Cc1nnc(-c2nc3c(c(N4CCN(C(=O)OCc5ccccc5)[C@@H](CC#N)C4)n2)CN(C(=O)OC(C)(C)C)C3)o1. The van der Waals surface area contributed by atoms with Gasteiger partial charge in [0.2, 0.25) is 11.7 Å². The molecule has 0 radical (unpaired) electrons. The van der Waals surface area contributed by atoms with Gasteiger partial charge in [0.1, 0.15) is 18.0 Å². The summed E-state index contributed by atoms with van der Waals surface area (Å²) in [5.41, 5.74) is 1.65. The lowest BCUT2D eigenvalue weighted by atomic mass is 10.1. The lowest BCUT2D eigenvalue weighted by Crippen LogP contribution is -2.55. The Kier molecular flexibility index (Phi) is 7.74. The minimum atomic E-state index is -0.650. The summed E-state index contributed by atoms with van der Waals surface area (Å²) in [5, 5.41) is 17.5. The largest absolute Gasteiger partial charge is 0.445 e. The number of nitriles is 1. The van der Waals surface area contributed by atoms with E-state index in [0.29, 0.717) is 37.0 Å². The molecule has 5 rings (SSSR count). The van der Waals surface area contributed by atoms with Gasteiger partial charge >= 0.3 is 12.2 Å². The fraction of sp³-hybridized carbons (Fsp3) is 0.464. The van der Waals surface area contributed by atoms with E-state index in [1.807, 2.05) is 56.0 Å². The molecule has 2 amide bonds. The first-order chi connectivity index (χ1) is 19.6. The number of carbonyl (C=O) groups is 2. The van der Waals surface area contributed by atoms with Crippen LogP contribution in [0.5, 0.6) is 0 Å². The zero-order valence-corrected chi connectivity index (χ0v) is 23.5. The Morgan fingerprint density at radius 2 is 1.88 bits per heavy atom. The summed E-state index contributed by atoms with van der Waals surface area (Å²) >= 11 is 0. The molecule has 0 saturated carbocycles. The zero-order valence-electron chi connectivity index (χ0n) is 23.5. The predicted octanol–water partition coefficient (Wildman–Crippen LogP) is 3.83. The molecule has 0 unspecified atom stereocenters. The molecular weight excluding hydrogens is 528 g/mol. The standard InChI is InChI=1S/C28H32N8O5/c1-18-32-33-25(40-18)23-30-22-16-35(26(37)41-28(2,3)4)15-21(22)24(31-23)34-12-13-36(20(14-34)10-11-29)27(38)39-17-19-8-6-5-7-9-19/h5-9,20H,10,12-17H2,1-4H3/t20-/m0/s1. The second-order valence-electron chi connectivity index (χ2n) is 11.0. The van der Waals surface area contributed by atoms with Crippen LogP contribution >= 0.6 is 0 Å². The highest BCUT2D eigenvalue weighted by Gasteiger charge is 2.37. The Bertz CT molecular complexity index is 1460. The van der Waals surface area contributed by atoms with Crippen LogP contribution in [0, 0.1) is 18.3 Å². The molecule has 1 atom stereocenters. The van der Waals surface area contributed by atoms with E-state index in [1.165, 1.54) is 0 Å². The molecule has 1 fully saturated rings. The van der Waals surface area contributed by atoms with Crippen molar-refractivity contribution in [3.8, 4) is 17.8 Å². The first kappa shape index (κ1) is 27.8. The quantitative estimate of drug-likeness (QED) is 0.448. The fourth-order valence-electron chi connectivity index (χ4n) is 4.81. The normalized spacial score (nSPS) is 16.8. The number of piperazine rings is 1. The Morgan fingerprint density at radius 1 is 1.10 bits per heavy atom. The van der Waals surface area contributed by atoms with Gasteiger partial charge in [-0.05, 0) is 26.3 Å². The third-order valence-corrected chi connectivity index (χ3v) is 6.68. The van der Waals surface area contributed by atoms with Gasteiger partial charge in [-0.2, -0.15) is 5.26 Å². The zero-order chi connectivity index (χ0) is 29.1. The average Bonchev–Trinajstić information content (AvgIpc) is 3.57. The molecule has 2 aliphatic rings. The van der Waals surface area contributed by atoms with E-state index >= 15 is 0 Å². The predicted molar refractivity (Wildman–Crippen MR) is 145 cm³/mol. The number of aromatic nitrogens is 4. The molecule has 13 heteroatoms. The van der Waals surface area contributed by atoms with Crippen LogP contribution in [0.1, 0.15) is 49.9 Å². The molecule has 0 bridgehead atoms. The van der Waals surface area contributed by atoms with Gasteiger partial charge in [0.15, 0.2) is 0 Å². The number of fused-ring (bicyclic) bond motifs is 1. The number of rotatable bonds is 5. The maximum Gasteiger partial charge on any atom is 0.410 e. The van der Waals surface area contributed by atoms with Crippen molar-refractivity contribution in [1.29, 1.82) is 5.26 Å². The molecule has 2 aromatic heterocycles. The monoisotopic (exact) mass is 560 g/mol. The van der Waals surface area contributed by atoms with Crippen LogP contribution in [0.15, 0.2) is 34.7 Å². The number of ether oxygens (including phenoxy) is 2. The molecule has 0 N–H and O–H groups in total. The number of amides is 2. The molecule has 214 valence electrons. The van der Waals surface area contributed by atoms with Crippen molar-refractivity contribution in [2.75, 3.05) is 24.5 Å². The van der Waals surface area contributed by atoms with Gasteiger partial charge in [-0.25, -0.2) is 19.6 Å². The van der Waals surface area contributed by atoms with Gasteiger partial charge in [-0.3, -0.25) is 4.90 Å². The van der Waals surface area contributed by atoms with E-state index < -0.39 is 23.8 Å². The van der Waals surface area contributed by atoms with Crippen molar-refractivity contribution in [3.63, 3.8) is 0 Å². The van der Waals surface area contributed by atoms with Gasteiger partial charge in [0, 0.05) is 32.1 Å². The second-order valence-corrected chi connectivity index (χ2v) is 11.0. The highest BCUT2D eigenvalue weighted by molar-refractivity contribution is 5.71. The van der Waals surface area contributed by atoms with E-state index in [-0.39, 0.29) is 37.8 Å². The number of hydrogen-bond donors (Lipinski definition) is 0. The molecule has 4 heterocycles. The van der Waals surface area contributed by atoms with E-state index in [2.05, 4.69) is 21.3 Å². The van der Waals surface area contributed by atoms with Gasteiger partial charge in [-0.15, -0.1) is 10.2 Å². The van der Waals surface area contributed by atoms with Crippen LogP contribution in [0.25, 0.3) is 11.7 Å². The summed E-state index contributed by atoms with van der Waals surface area (Å²) in [4.78, 5) is 40.5. The number of aryl methyl sites for hydroxylation is 1. The van der Waals surface area contributed by atoms with Crippen molar-refractivity contribution in [2.24, 2.45) is 0 Å². The number of nitrogens with zero attached hydrogens (tertiary/aromatic N) is 8. The Balaban J connectivity index is 1.40. The highest BCUT2D eigenvalue weighted by atomic mass is 16.6. The number of anilines is 1. The van der Waals surface area contributed by atoms with Crippen molar-refractivity contribution >= 4 is 18.0 Å². The Morgan fingerprint density at radius 3 is 2.56 bits per heavy atom. The topological polar surface area (TPSA) is 151 Å². The van der Waals surface area contributed by atoms with Crippen molar-refractivity contribution in [1.82, 2.24) is 30.0 Å². The van der Waals surface area contributed by atoms with E-state index in [9.17, 15) is 14.9 Å². The summed E-state index contributed by atoms with van der Waals surface area (Å²) in [6, 6.07) is 11.2. The van der Waals surface area contributed by atoms with Crippen LogP contribution in [-0.4, -0.2) is 73.4 Å². The summed E-state index contributed by atoms with van der Waals surface area (Å²) < 4.78 is 16.8. The molecule has 1 saturated heterocycles. The van der Waals surface area contributed by atoms with Gasteiger partial charge < -0.3 is 23.7 Å². The minimum absolute atomic E-state index is 0.115. The lowest BCUT2D eigenvalue weighted by molar-refractivity contribution is 0.0240. The first-order valence-corrected chi connectivity index (χ1v) is 13.4. The summed E-state index contributed by atoms with van der Waals surface area (Å²) in [6.07, 6.45) is -0.811. The molecule has 3 aromatic rings. The molecule has 41 heavy (non-hydrogen) atoms. The molecule has 13 nitrogen and oxygen atoms in total. The van der Waals surface area contributed by atoms with Crippen molar-refractivity contribution in [2.45, 2.75) is 65.5 Å². The first-order valence-electron chi connectivity index (χ1n) is 13.4. The molecule has 0 spiro atoms. The van der Waals surface area contributed by atoms with Crippen molar-refractivity contribution in [3.05, 3.63) is 53.0 Å². The summed E-state index contributed by atoms with van der Waals surface area (Å²) in [6.45, 7) is 8.84. The molecule has 2 aliphatic heterocycles. The number of carbonyl (C=O) groups excluding carboxylic acids is 2. The smallest absolute Gasteiger partial charge is 0.410 e. The Labute approximate surface area is 237 Å². The van der Waals surface area contributed by atoms with Crippen LogP contribution in [0.4, 0.5) is 15.4 Å². The van der Waals surface area contributed by atoms with Gasteiger partial charge in [-0.1, -0.05) is 30.3 Å². The van der Waals surface area contributed by atoms with E-state index in [0.717, 1.165) is 11.1 Å². The van der Waals surface area contributed by atoms with E-state index in [4.69, 9.17) is 18.9 Å². The summed E-state index contributed by atoms with van der Waals surface area (Å²) in [5.74, 6) is 1.37. The van der Waals surface area contributed by atoms with E-state index in [1.54, 1.807) is 16.7 Å². The second kappa shape index (κ2) is 11.4. The summed E-state index contributed by atoms with van der Waals surface area (Å²) in [7, 11) is 0. The van der Waals surface area contributed by atoms with Crippen molar-refractivity contribution < 1.29 is 23.5 Å². The fourth-order valence-corrected chi connectivity index (χ4v) is 4.81.